The lowest BCUT2D eigenvalue weighted by Crippen LogP contribution is -2.39. The normalized spacial score (nSPS) is 28.8. The van der Waals surface area contributed by atoms with E-state index in [2.05, 4.69) is 11.9 Å². The third-order valence-corrected chi connectivity index (χ3v) is 3.57. The summed E-state index contributed by atoms with van der Waals surface area (Å²) in [4.78, 5) is 15.7. The van der Waals surface area contributed by atoms with Crippen molar-refractivity contribution in [3.05, 3.63) is 0 Å². The maximum absolute atomic E-state index is 11.4. The third kappa shape index (κ3) is 1.57. The number of carbonyl (C=O) groups excluding carboxylic acids is 1. The summed E-state index contributed by atoms with van der Waals surface area (Å²) in [5.41, 5.74) is 0.332. The van der Waals surface area contributed by atoms with E-state index in [1.54, 1.807) is 0 Å². The van der Waals surface area contributed by atoms with E-state index in [4.69, 9.17) is 0 Å². The van der Waals surface area contributed by atoms with Crippen molar-refractivity contribution in [2.24, 2.45) is 5.41 Å². The number of nitrogens with zero attached hydrogens (tertiary/aromatic N) is 2. The van der Waals surface area contributed by atoms with Crippen molar-refractivity contribution >= 4 is 5.91 Å². The first-order valence-corrected chi connectivity index (χ1v) is 5.04. The van der Waals surface area contributed by atoms with Gasteiger partial charge in [0.25, 0.3) is 0 Å². The predicted molar refractivity (Wildman–Crippen MR) is 51.4 cm³/mol. The van der Waals surface area contributed by atoms with Crippen LogP contribution in [0.15, 0.2) is 0 Å². The zero-order valence-corrected chi connectivity index (χ0v) is 8.55. The maximum Gasteiger partial charge on any atom is 0.222 e. The molecule has 0 N–H and O–H groups in total. The van der Waals surface area contributed by atoms with Gasteiger partial charge in [0.15, 0.2) is 0 Å². The lowest BCUT2D eigenvalue weighted by atomic mass is 9.78. The van der Waals surface area contributed by atoms with Crippen molar-refractivity contribution in [3.63, 3.8) is 0 Å². The fourth-order valence-electron chi connectivity index (χ4n) is 2.53. The molecule has 2 aliphatic heterocycles. The highest BCUT2D eigenvalue weighted by Crippen LogP contribution is 2.39. The van der Waals surface area contributed by atoms with Gasteiger partial charge in [0.05, 0.1) is 0 Å². The maximum atomic E-state index is 11.4. The minimum Gasteiger partial charge on any atom is -0.345 e. The first-order chi connectivity index (χ1) is 6.11. The largest absolute Gasteiger partial charge is 0.345 e. The standard InChI is InChI=1S/C10H18N2O/c1-11-5-3-10(4-6-11)7-9(13)12(2)8-10/h3-8H2,1-2H3. The van der Waals surface area contributed by atoms with Gasteiger partial charge < -0.3 is 9.80 Å². The minimum absolute atomic E-state index is 0.332. The summed E-state index contributed by atoms with van der Waals surface area (Å²) >= 11 is 0. The number of amides is 1. The fraction of sp³-hybridized carbons (Fsp3) is 0.900. The quantitative estimate of drug-likeness (QED) is 0.546. The van der Waals surface area contributed by atoms with Crippen LogP contribution >= 0.6 is 0 Å². The Bertz CT molecular complexity index is 219. The highest BCUT2D eigenvalue weighted by atomic mass is 16.2. The smallest absolute Gasteiger partial charge is 0.222 e. The topological polar surface area (TPSA) is 23.6 Å². The van der Waals surface area contributed by atoms with Crippen LogP contribution in [-0.4, -0.2) is 49.4 Å². The molecule has 0 aromatic carbocycles. The molecule has 0 bridgehead atoms. The van der Waals surface area contributed by atoms with Crippen LogP contribution in [0.2, 0.25) is 0 Å². The summed E-state index contributed by atoms with van der Waals surface area (Å²) in [5, 5.41) is 0. The molecule has 0 saturated carbocycles. The van der Waals surface area contributed by atoms with Crippen LogP contribution in [0.25, 0.3) is 0 Å². The van der Waals surface area contributed by atoms with E-state index >= 15 is 0 Å². The molecule has 13 heavy (non-hydrogen) atoms. The summed E-state index contributed by atoms with van der Waals surface area (Å²) in [6.45, 7) is 3.29. The Morgan fingerprint density at radius 2 is 1.85 bits per heavy atom. The van der Waals surface area contributed by atoms with Gasteiger partial charge in [-0.2, -0.15) is 0 Å². The molecular weight excluding hydrogens is 164 g/mol. The number of hydrogen-bond acceptors (Lipinski definition) is 2. The van der Waals surface area contributed by atoms with Crippen LogP contribution in [0.5, 0.6) is 0 Å². The molecule has 1 spiro atoms. The van der Waals surface area contributed by atoms with Crippen LogP contribution in [0.1, 0.15) is 19.3 Å². The second-order valence-electron chi connectivity index (χ2n) is 4.73. The third-order valence-electron chi connectivity index (χ3n) is 3.57. The van der Waals surface area contributed by atoms with Gasteiger partial charge in [-0.25, -0.2) is 0 Å². The lowest BCUT2D eigenvalue weighted by Gasteiger charge is -2.36. The van der Waals surface area contributed by atoms with Crippen molar-refractivity contribution in [2.45, 2.75) is 19.3 Å². The van der Waals surface area contributed by atoms with E-state index in [0.29, 0.717) is 11.3 Å². The number of rotatable bonds is 0. The van der Waals surface area contributed by atoms with Crippen molar-refractivity contribution in [2.75, 3.05) is 33.7 Å². The molecule has 1 amide bonds. The number of hydrogen-bond donors (Lipinski definition) is 0. The molecule has 2 rings (SSSR count). The molecule has 2 aliphatic rings. The van der Waals surface area contributed by atoms with Crippen LogP contribution in [0.3, 0.4) is 0 Å². The lowest BCUT2D eigenvalue weighted by molar-refractivity contribution is -0.126. The van der Waals surface area contributed by atoms with E-state index in [0.717, 1.165) is 26.1 Å². The molecule has 3 heteroatoms. The SMILES string of the molecule is CN1CCC2(CC1)CC(=O)N(C)C2. The second-order valence-corrected chi connectivity index (χ2v) is 4.73. The zero-order chi connectivity index (χ0) is 9.47. The molecule has 0 aliphatic carbocycles. The highest BCUT2D eigenvalue weighted by Gasteiger charge is 2.42. The van der Waals surface area contributed by atoms with Gasteiger partial charge in [0.1, 0.15) is 0 Å². The van der Waals surface area contributed by atoms with Gasteiger partial charge in [-0.3, -0.25) is 4.79 Å². The van der Waals surface area contributed by atoms with E-state index in [1.165, 1.54) is 12.8 Å². The molecule has 0 aromatic heterocycles. The van der Waals surface area contributed by atoms with Crippen molar-refractivity contribution in [1.29, 1.82) is 0 Å². The first kappa shape index (κ1) is 9.00. The number of carbonyl (C=O) groups is 1. The Morgan fingerprint density at radius 3 is 2.31 bits per heavy atom. The van der Waals surface area contributed by atoms with Crippen LogP contribution in [0, 0.1) is 5.41 Å². The van der Waals surface area contributed by atoms with Crippen LogP contribution in [0.4, 0.5) is 0 Å². The Labute approximate surface area is 79.7 Å². The average molecular weight is 182 g/mol. The Hall–Kier alpha value is -0.570. The van der Waals surface area contributed by atoms with Crippen molar-refractivity contribution in [3.8, 4) is 0 Å². The van der Waals surface area contributed by atoms with Crippen molar-refractivity contribution in [1.82, 2.24) is 9.80 Å². The van der Waals surface area contributed by atoms with Gasteiger partial charge in [0, 0.05) is 20.0 Å². The molecule has 74 valence electrons. The molecule has 0 atom stereocenters. The van der Waals surface area contributed by atoms with E-state index < -0.39 is 0 Å². The zero-order valence-electron chi connectivity index (χ0n) is 8.55. The Balaban J connectivity index is 2.03. The summed E-state index contributed by atoms with van der Waals surface area (Å²) in [5.74, 6) is 0.338. The molecule has 0 aromatic rings. The number of likely N-dealkylation sites (tertiary alicyclic amines) is 2. The van der Waals surface area contributed by atoms with Gasteiger partial charge in [-0.05, 0) is 38.4 Å². The van der Waals surface area contributed by atoms with Gasteiger partial charge in [-0.1, -0.05) is 0 Å². The summed E-state index contributed by atoms with van der Waals surface area (Å²) in [7, 11) is 4.09. The molecular formula is C10H18N2O. The van der Waals surface area contributed by atoms with E-state index in [1.807, 2.05) is 11.9 Å². The Morgan fingerprint density at radius 1 is 1.23 bits per heavy atom. The van der Waals surface area contributed by atoms with E-state index in [9.17, 15) is 4.79 Å². The van der Waals surface area contributed by atoms with Crippen LogP contribution in [-0.2, 0) is 4.79 Å². The highest BCUT2D eigenvalue weighted by molar-refractivity contribution is 5.79. The molecule has 0 unspecified atom stereocenters. The van der Waals surface area contributed by atoms with Crippen LogP contribution < -0.4 is 0 Å². The predicted octanol–water partition coefficient (Wildman–Crippen LogP) is 0.560. The summed E-state index contributed by atoms with van der Waals surface area (Å²) in [6.07, 6.45) is 3.18. The average Bonchev–Trinajstić information content (AvgIpc) is 2.36. The van der Waals surface area contributed by atoms with Gasteiger partial charge in [0.2, 0.25) is 5.91 Å². The fourth-order valence-corrected chi connectivity index (χ4v) is 2.53. The molecule has 0 radical (unpaired) electrons. The second kappa shape index (κ2) is 2.98. The Kier molecular flexibility index (Phi) is 2.06. The minimum atomic E-state index is 0.332. The molecule has 2 heterocycles. The molecule has 2 fully saturated rings. The van der Waals surface area contributed by atoms with Crippen molar-refractivity contribution < 1.29 is 4.79 Å². The summed E-state index contributed by atoms with van der Waals surface area (Å²) in [6, 6.07) is 0. The first-order valence-electron chi connectivity index (χ1n) is 5.04. The number of piperidine rings is 1. The molecule has 2 saturated heterocycles. The van der Waals surface area contributed by atoms with Gasteiger partial charge in [-0.15, -0.1) is 0 Å². The monoisotopic (exact) mass is 182 g/mol. The van der Waals surface area contributed by atoms with Gasteiger partial charge >= 0.3 is 0 Å². The summed E-state index contributed by atoms with van der Waals surface area (Å²) < 4.78 is 0. The van der Waals surface area contributed by atoms with E-state index in [-0.39, 0.29) is 0 Å². The molecule has 3 nitrogen and oxygen atoms in total.